The average Bonchev–Trinajstić information content (AvgIpc) is 2.56. The monoisotopic (exact) mass is 368 g/mol. The molecule has 4 nitrogen and oxygen atoms in total. The van der Waals surface area contributed by atoms with Gasteiger partial charge in [-0.2, -0.15) is 8.78 Å². The maximum Gasteiger partial charge on any atom is 0.387 e. The summed E-state index contributed by atoms with van der Waals surface area (Å²) in [5.41, 5.74) is 1.86. The molecule has 0 aliphatic rings. The van der Waals surface area contributed by atoms with E-state index in [1.807, 2.05) is 18.2 Å². The Morgan fingerprint density at radius 2 is 1.92 bits per heavy atom. The van der Waals surface area contributed by atoms with Crippen LogP contribution in [0.3, 0.4) is 0 Å². The predicted molar refractivity (Wildman–Crippen MR) is 93.1 cm³/mol. The molecular weight excluding hydrogens is 350 g/mol. The van der Waals surface area contributed by atoms with Crippen LogP contribution >= 0.6 is 11.6 Å². The summed E-state index contributed by atoms with van der Waals surface area (Å²) in [5, 5.41) is 3.50. The van der Waals surface area contributed by atoms with Gasteiger partial charge >= 0.3 is 12.6 Å². The lowest BCUT2D eigenvalue weighted by Gasteiger charge is -2.18. The number of benzene rings is 2. The molecule has 134 valence electrons. The summed E-state index contributed by atoms with van der Waals surface area (Å²) in [5.74, 6) is 0.0902. The summed E-state index contributed by atoms with van der Waals surface area (Å²) >= 11 is 5.92. The second kappa shape index (κ2) is 9.22. The van der Waals surface area contributed by atoms with Crippen molar-refractivity contribution in [1.82, 2.24) is 10.2 Å². The second-order valence-electron chi connectivity index (χ2n) is 5.49. The topological polar surface area (TPSA) is 41.6 Å². The van der Waals surface area contributed by atoms with Crippen LogP contribution in [0.5, 0.6) is 5.75 Å². The molecule has 0 heterocycles. The number of carbonyl (C=O) groups is 1. The first kappa shape index (κ1) is 19.0. The summed E-state index contributed by atoms with van der Waals surface area (Å²) in [6.45, 7) is -2.00. The first-order valence-electron chi connectivity index (χ1n) is 7.71. The van der Waals surface area contributed by atoms with Gasteiger partial charge in [0.15, 0.2) is 0 Å². The molecule has 0 saturated heterocycles. The minimum absolute atomic E-state index is 0.0902. The highest BCUT2D eigenvalue weighted by molar-refractivity contribution is 6.30. The van der Waals surface area contributed by atoms with Crippen LogP contribution in [0.1, 0.15) is 11.1 Å². The lowest BCUT2D eigenvalue weighted by atomic mass is 10.1. The lowest BCUT2D eigenvalue weighted by Crippen LogP contribution is -2.37. The van der Waals surface area contributed by atoms with Gasteiger partial charge in [-0.15, -0.1) is 0 Å². The summed E-state index contributed by atoms with van der Waals surface area (Å²) in [7, 11) is 1.66. The Kier molecular flexibility index (Phi) is 7.01. The number of halogens is 3. The van der Waals surface area contributed by atoms with Gasteiger partial charge in [-0.25, -0.2) is 4.79 Å². The van der Waals surface area contributed by atoms with Crippen molar-refractivity contribution in [2.45, 2.75) is 19.6 Å². The van der Waals surface area contributed by atoms with Crippen LogP contribution in [0.2, 0.25) is 5.02 Å². The quantitative estimate of drug-likeness (QED) is 0.790. The number of ether oxygens (including phenoxy) is 1. The van der Waals surface area contributed by atoms with Gasteiger partial charge in [0.25, 0.3) is 0 Å². The zero-order chi connectivity index (χ0) is 18.2. The van der Waals surface area contributed by atoms with Gasteiger partial charge in [0.1, 0.15) is 5.75 Å². The molecule has 25 heavy (non-hydrogen) atoms. The van der Waals surface area contributed by atoms with E-state index in [-0.39, 0.29) is 11.8 Å². The number of rotatable bonds is 7. The maximum atomic E-state index is 12.1. The number of alkyl halides is 2. The number of amides is 2. The Hall–Kier alpha value is -2.34. The number of hydrogen-bond donors (Lipinski definition) is 1. The lowest BCUT2D eigenvalue weighted by molar-refractivity contribution is -0.0498. The molecule has 0 radical (unpaired) electrons. The van der Waals surface area contributed by atoms with E-state index in [1.54, 1.807) is 25.2 Å². The van der Waals surface area contributed by atoms with E-state index in [0.29, 0.717) is 24.5 Å². The fourth-order valence-electron chi connectivity index (χ4n) is 2.26. The molecule has 0 fully saturated rings. The largest absolute Gasteiger partial charge is 0.435 e. The SMILES string of the molecule is CN(Cc1ccc(OC(F)F)cc1)C(=O)NCCc1cccc(Cl)c1. The van der Waals surface area contributed by atoms with E-state index in [9.17, 15) is 13.6 Å². The molecule has 0 saturated carbocycles. The van der Waals surface area contributed by atoms with E-state index < -0.39 is 6.61 Å². The molecule has 2 aromatic rings. The van der Waals surface area contributed by atoms with Crippen LogP contribution < -0.4 is 10.1 Å². The van der Waals surface area contributed by atoms with Crippen LogP contribution in [0.15, 0.2) is 48.5 Å². The van der Waals surface area contributed by atoms with Gasteiger partial charge < -0.3 is 15.0 Å². The number of nitrogens with one attached hydrogen (secondary N) is 1. The Bertz CT molecular complexity index is 696. The molecule has 2 aromatic carbocycles. The smallest absolute Gasteiger partial charge is 0.387 e. The molecule has 0 aliphatic heterocycles. The van der Waals surface area contributed by atoms with Crippen LogP contribution in [0.25, 0.3) is 0 Å². The van der Waals surface area contributed by atoms with Crippen molar-refractivity contribution in [2.75, 3.05) is 13.6 Å². The van der Waals surface area contributed by atoms with E-state index in [4.69, 9.17) is 11.6 Å². The van der Waals surface area contributed by atoms with Crippen molar-refractivity contribution in [2.24, 2.45) is 0 Å². The first-order valence-corrected chi connectivity index (χ1v) is 8.09. The van der Waals surface area contributed by atoms with E-state index in [0.717, 1.165) is 11.1 Å². The number of urea groups is 1. The van der Waals surface area contributed by atoms with Crippen LogP contribution in [-0.2, 0) is 13.0 Å². The summed E-state index contributed by atoms with van der Waals surface area (Å²) in [6, 6.07) is 13.5. The van der Waals surface area contributed by atoms with Gasteiger partial charge in [-0.3, -0.25) is 0 Å². The highest BCUT2D eigenvalue weighted by Gasteiger charge is 2.09. The highest BCUT2D eigenvalue weighted by Crippen LogP contribution is 2.16. The molecule has 2 rings (SSSR count). The predicted octanol–water partition coefficient (Wildman–Crippen LogP) is 4.33. The fourth-order valence-corrected chi connectivity index (χ4v) is 2.48. The third-order valence-electron chi connectivity index (χ3n) is 3.49. The molecule has 0 aliphatic carbocycles. The molecular formula is C18H19ClF2N2O2. The van der Waals surface area contributed by atoms with Crippen molar-refractivity contribution in [3.63, 3.8) is 0 Å². The third-order valence-corrected chi connectivity index (χ3v) is 3.73. The van der Waals surface area contributed by atoms with Crippen molar-refractivity contribution < 1.29 is 18.3 Å². The average molecular weight is 369 g/mol. The minimum atomic E-state index is -2.85. The summed E-state index contributed by atoms with van der Waals surface area (Å²) in [4.78, 5) is 13.6. The molecule has 0 unspecified atom stereocenters. The highest BCUT2D eigenvalue weighted by atomic mass is 35.5. The fraction of sp³-hybridized carbons (Fsp3) is 0.278. The minimum Gasteiger partial charge on any atom is -0.435 e. The van der Waals surface area contributed by atoms with Gasteiger partial charge in [-0.05, 0) is 41.8 Å². The first-order chi connectivity index (χ1) is 11.9. The molecule has 0 atom stereocenters. The normalized spacial score (nSPS) is 10.6. The van der Waals surface area contributed by atoms with Crippen LogP contribution in [0, 0.1) is 0 Å². The van der Waals surface area contributed by atoms with E-state index in [2.05, 4.69) is 10.1 Å². The van der Waals surface area contributed by atoms with Crippen molar-refractivity contribution in [3.8, 4) is 5.75 Å². The summed E-state index contributed by atoms with van der Waals surface area (Å²) < 4.78 is 28.5. The third kappa shape index (κ3) is 6.58. The number of carbonyl (C=O) groups excluding carboxylic acids is 1. The molecule has 2 amide bonds. The standard InChI is InChI=1S/C18H19ClF2N2O2/c1-23(12-14-5-7-16(8-6-14)25-17(20)21)18(24)22-10-9-13-3-2-4-15(19)11-13/h2-8,11,17H,9-10,12H2,1H3,(H,22,24). The molecule has 0 bridgehead atoms. The van der Waals surface area contributed by atoms with Gasteiger partial charge in [0.05, 0.1) is 0 Å². The van der Waals surface area contributed by atoms with Crippen molar-refractivity contribution >= 4 is 17.6 Å². The zero-order valence-electron chi connectivity index (χ0n) is 13.7. The van der Waals surface area contributed by atoms with Gasteiger partial charge in [0, 0.05) is 25.2 Å². The number of nitrogens with zero attached hydrogens (tertiary/aromatic N) is 1. The van der Waals surface area contributed by atoms with Crippen molar-refractivity contribution in [3.05, 3.63) is 64.7 Å². The van der Waals surface area contributed by atoms with E-state index in [1.165, 1.54) is 17.0 Å². The van der Waals surface area contributed by atoms with Gasteiger partial charge in [-0.1, -0.05) is 35.9 Å². The van der Waals surface area contributed by atoms with Crippen molar-refractivity contribution in [1.29, 1.82) is 0 Å². The molecule has 1 N–H and O–H groups in total. The Morgan fingerprint density at radius 1 is 1.20 bits per heavy atom. The second-order valence-corrected chi connectivity index (χ2v) is 5.93. The Morgan fingerprint density at radius 3 is 2.56 bits per heavy atom. The van der Waals surface area contributed by atoms with E-state index >= 15 is 0 Å². The van der Waals surface area contributed by atoms with Gasteiger partial charge in [0.2, 0.25) is 0 Å². The maximum absolute atomic E-state index is 12.1. The Labute approximate surface area is 150 Å². The summed E-state index contributed by atoms with van der Waals surface area (Å²) in [6.07, 6.45) is 0.680. The number of hydrogen-bond acceptors (Lipinski definition) is 2. The van der Waals surface area contributed by atoms with Crippen LogP contribution in [0.4, 0.5) is 13.6 Å². The Balaban J connectivity index is 1.77. The molecule has 7 heteroatoms. The van der Waals surface area contributed by atoms with Crippen LogP contribution in [-0.4, -0.2) is 31.1 Å². The molecule has 0 spiro atoms. The zero-order valence-corrected chi connectivity index (χ0v) is 14.5. The molecule has 0 aromatic heterocycles.